The lowest BCUT2D eigenvalue weighted by atomic mass is 10.2. The summed E-state index contributed by atoms with van der Waals surface area (Å²) in [5.74, 6) is 1.57. The molecule has 0 spiro atoms. The van der Waals surface area contributed by atoms with E-state index < -0.39 is 7.05 Å². The first-order valence-corrected chi connectivity index (χ1v) is 13.3. The highest BCUT2D eigenvalue weighted by molar-refractivity contribution is 7.87. The Labute approximate surface area is 204 Å². The molecule has 3 aromatic carbocycles. The summed E-state index contributed by atoms with van der Waals surface area (Å²) in [6.45, 7) is 2.02. The molecule has 6 rings (SSSR count). The SMILES string of the molecule is Cc1nc2c(N=P(c3ccccc3)(c3ccccc3)c3ccccc3)nc3cnccc3c2n1C. The van der Waals surface area contributed by atoms with E-state index in [2.05, 4.69) is 101 Å². The molecule has 3 aromatic heterocycles. The number of imidazole rings is 1. The highest BCUT2D eigenvalue weighted by atomic mass is 31.2. The number of fused-ring (bicyclic) bond motifs is 3. The van der Waals surface area contributed by atoms with E-state index in [0.29, 0.717) is 5.82 Å². The molecule has 0 radical (unpaired) electrons. The van der Waals surface area contributed by atoms with Gasteiger partial charge in [0.2, 0.25) is 0 Å². The van der Waals surface area contributed by atoms with Crippen molar-refractivity contribution in [3.8, 4) is 0 Å². The maximum atomic E-state index is 5.63. The second-order valence-electron chi connectivity index (χ2n) is 8.49. The average Bonchev–Trinajstić information content (AvgIpc) is 3.23. The maximum absolute atomic E-state index is 5.63. The number of aromatic nitrogens is 4. The van der Waals surface area contributed by atoms with Gasteiger partial charge in [-0.2, -0.15) is 0 Å². The van der Waals surface area contributed by atoms with E-state index in [1.54, 1.807) is 6.20 Å². The first kappa shape index (κ1) is 21.5. The summed E-state index contributed by atoms with van der Waals surface area (Å²) in [6.07, 6.45) is 3.61. The molecule has 0 fully saturated rings. The minimum absolute atomic E-state index is 0.647. The van der Waals surface area contributed by atoms with Crippen LogP contribution in [0.1, 0.15) is 5.82 Å². The zero-order valence-electron chi connectivity index (χ0n) is 19.6. The van der Waals surface area contributed by atoms with Crippen molar-refractivity contribution in [2.45, 2.75) is 6.92 Å². The molecule has 0 atom stereocenters. The van der Waals surface area contributed by atoms with E-state index >= 15 is 0 Å². The quantitative estimate of drug-likeness (QED) is 0.312. The Morgan fingerprint density at radius 2 is 1.26 bits per heavy atom. The predicted octanol–water partition coefficient (Wildman–Crippen LogP) is 5.63. The van der Waals surface area contributed by atoms with Crippen LogP contribution in [0.5, 0.6) is 0 Å². The van der Waals surface area contributed by atoms with Gasteiger partial charge in [-0.15, -0.1) is 0 Å². The normalized spacial score (nSPS) is 11.7. The number of pyridine rings is 2. The van der Waals surface area contributed by atoms with E-state index in [1.165, 1.54) is 15.9 Å². The van der Waals surface area contributed by atoms with Crippen LogP contribution in [0, 0.1) is 6.92 Å². The van der Waals surface area contributed by atoms with Crippen LogP contribution in [0.4, 0.5) is 5.82 Å². The second-order valence-corrected chi connectivity index (χ2v) is 11.5. The van der Waals surface area contributed by atoms with Crippen LogP contribution in [0.15, 0.2) is 114 Å². The third kappa shape index (κ3) is 3.48. The maximum Gasteiger partial charge on any atom is 0.180 e. The third-order valence-electron chi connectivity index (χ3n) is 6.45. The van der Waals surface area contributed by atoms with Crippen molar-refractivity contribution < 1.29 is 0 Å². The Hall–Kier alpha value is -4.08. The highest BCUT2D eigenvalue weighted by Gasteiger charge is 2.28. The smallest absolute Gasteiger partial charge is 0.180 e. The van der Waals surface area contributed by atoms with Crippen LogP contribution in [-0.4, -0.2) is 19.5 Å². The molecule has 6 heteroatoms. The fraction of sp³-hybridized carbons (Fsp3) is 0.0690. The van der Waals surface area contributed by atoms with Gasteiger partial charge in [-0.3, -0.25) is 4.98 Å². The molecule has 0 saturated heterocycles. The first-order chi connectivity index (χ1) is 17.2. The van der Waals surface area contributed by atoms with Crippen molar-refractivity contribution in [3.05, 3.63) is 115 Å². The lowest BCUT2D eigenvalue weighted by Gasteiger charge is -2.26. The average molecular weight is 474 g/mol. The van der Waals surface area contributed by atoms with Gasteiger partial charge in [-0.25, -0.2) is 14.7 Å². The molecule has 0 saturated carbocycles. The summed E-state index contributed by atoms with van der Waals surface area (Å²) in [7, 11) is -0.427. The lowest BCUT2D eigenvalue weighted by molar-refractivity contribution is 0.888. The third-order valence-corrected chi connectivity index (χ3v) is 10.1. The molecule has 35 heavy (non-hydrogen) atoms. The van der Waals surface area contributed by atoms with Gasteiger partial charge in [0.15, 0.2) is 5.82 Å². The molecule has 6 aromatic rings. The summed E-state index contributed by atoms with van der Waals surface area (Å²) in [5.41, 5.74) is 2.66. The fourth-order valence-electron chi connectivity index (χ4n) is 4.68. The van der Waals surface area contributed by atoms with Crippen molar-refractivity contribution >= 4 is 50.7 Å². The van der Waals surface area contributed by atoms with Crippen LogP contribution in [0.3, 0.4) is 0 Å². The second kappa shape index (κ2) is 8.61. The number of benzene rings is 3. The van der Waals surface area contributed by atoms with Gasteiger partial charge in [0.1, 0.15) is 11.3 Å². The molecule has 3 heterocycles. The lowest BCUT2D eigenvalue weighted by Crippen LogP contribution is -2.25. The Morgan fingerprint density at radius 1 is 0.714 bits per heavy atom. The largest absolute Gasteiger partial charge is 0.331 e. The van der Waals surface area contributed by atoms with E-state index in [4.69, 9.17) is 14.7 Å². The summed E-state index contributed by atoms with van der Waals surface area (Å²) in [5, 5.41) is 4.55. The van der Waals surface area contributed by atoms with Crippen molar-refractivity contribution in [3.63, 3.8) is 0 Å². The van der Waals surface area contributed by atoms with Crippen LogP contribution in [-0.2, 0) is 7.05 Å². The van der Waals surface area contributed by atoms with Crippen molar-refractivity contribution in [1.29, 1.82) is 0 Å². The van der Waals surface area contributed by atoms with E-state index in [0.717, 1.165) is 27.8 Å². The minimum atomic E-state index is -2.47. The van der Waals surface area contributed by atoms with Gasteiger partial charge in [0.05, 0.1) is 24.3 Å². The minimum Gasteiger partial charge on any atom is -0.331 e. The van der Waals surface area contributed by atoms with Gasteiger partial charge in [0.25, 0.3) is 0 Å². The van der Waals surface area contributed by atoms with Gasteiger partial charge in [0, 0.05) is 34.5 Å². The molecule has 0 unspecified atom stereocenters. The van der Waals surface area contributed by atoms with Crippen molar-refractivity contribution in [2.75, 3.05) is 0 Å². The number of hydrogen-bond donors (Lipinski definition) is 0. The van der Waals surface area contributed by atoms with Crippen LogP contribution in [0.2, 0.25) is 0 Å². The van der Waals surface area contributed by atoms with Gasteiger partial charge >= 0.3 is 0 Å². The first-order valence-electron chi connectivity index (χ1n) is 11.5. The summed E-state index contributed by atoms with van der Waals surface area (Å²) in [6, 6.07) is 33.8. The van der Waals surface area contributed by atoms with Gasteiger partial charge < -0.3 is 4.57 Å². The van der Waals surface area contributed by atoms with Crippen LogP contribution >= 0.6 is 7.05 Å². The number of rotatable bonds is 4. The van der Waals surface area contributed by atoms with Crippen molar-refractivity contribution in [2.24, 2.45) is 11.8 Å². The Kier molecular flexibility index (Phi) is 5.28. The molecule has 0 aliphatic carbocycles. The monoisotopic (exact) mass is 473 g/mol. The topological polar surface area (TPSA) is 56.0 Å². The predicted molar refractivity (Wildman–Crippen MR) is 146 cm³/mol. The van der Waals surface area contributed by atoms with Gasteiger partial charge in [-0.05, 0) is 13.0 Å². The Morgan fingerprint density at radius 3 is 1.80 bits per heavy atom. The molecular formula is C29H24N5P. The van der Waals surface area contributed by atoms with Gasteiger partial charge in [-0.1, -0.05) is 91.0 Å². The molecule has 0 aliphatic rings. The molecule has 0 N–H and O–H groups in total. The van der Waals surface area contributed by atoms with E-state index in [-0.39, 0.29) is 0 Å². The molecule has 0 amide bonds. The molecular weight excluding hydrogens is 449 g/mol. The number of aryl methyl sites for hydroxylation is 2. The van der Waals surface area contributed by atoms with E-state index in [9.17, 15) is 0 Å². The van der Waals surface area contributed by atoms with Crippen LogP contribution in [0.25, 0.3) is 21.9 Å². The van der Waals surface area contributed by atoms with Crippen LogP contribution < -0.4 is 15.9 Å². The molecule has 170 valence electrons. The molecule has 5 nitrogen and oxygen atoms in total. The summed E-state index contributed by atoms with van der Waals surface area (Å²) >= 11 is 0. The zero-order chi connectivity index (χ0) is 23.8. The highest BCUT2D eigenvalue weighted by Crippen LogP contribution is 2.50. The zero-order valence-corrected chi connectivity index (χ0v) is 20.5. The fourth-order valence-corrected chi connectivity index (χ4v) is 8.16. The Bertz CT molecular complexity index is 1610. The summed E-state index contributed by atoms with van der Waals surface area (Å²) < 4.78 is 7.75. The van der Waals surface area contributed by atoms with E-state index in [1.807, 2.05) is 26.2 Å². The Balaban J connectivity index is 1.83. The number of hydrogen-bond acceptors (Lipinski definition) is 4. The number of nitrogens with zero attached hydrogens (tertiary/aromatic N) is 5. The summed E-state index contributed by atoms with van der Waals surface area (Å²) in [4.78, 5) is 14.3. The van der Waals surface area contributed by atoms with Crippen molar-refractivity contribution in [1.82, 2.24) is 19.5 Å². The molecule has 0 bridgehead atoms. The molecule has 0 aliphatic heterocycles. The standard InChI is InChI=1S/C29H24N5P/c1-21-31-27-28(34(21)2)25-18-19-30-20-26(25)32-29(27)33-35(22-12-6-3-7-13-22,23-14-8-4-9-15-23)24-16-10-5-11-17-24/h3-20H,1-2H3.